The summed E-state index contributed by atoms with van der Waals surface area (Å²) in [5, 5.41) is 0. The molecule has 0 saturated carbocycles. The van der Waals surface area contributed by atoms with Gasteiger partial charge in [-0.3, -0.25) is 18.6 Å². The molecule has 0 aliphatic rings. The lowest BCUT2D eigenvalue weighted by Gasteiger charge is -2.19. The monoisotopic (exact) mass is 827 g/mol. The molecule has 1 N–H and O–H groups in total. The minimum Gasteiger partial charge on any atom is -0.462 e. The van der Waals surface area contributed by atoms with E-state index in [9.17, 15) is 19.0 Å². The van der Waals surface area contributed by atoms with Crippen molar-refractivity contribution in [2.24, 2.45) is 0 Å². The fraction of sp³-hybridized carbons (Fsp3) is 0.875. The molecule has 57 heavy (non-hydrogen) atoms. The maximum atomic E-state index is 12.5. The molecule has 2 unspecified atom stereocenters. The van der Waals surface area contributed by atoms with E-state index in [1.54, 1.807) is 0 Å². The molecule has 0 heterocycles. The van der Waals surface area contributed by atoms with Crippen molar-refractivity contribution in [3.05, 3.63) is 24.3 Å². The van der Waals surface area contributed by atoms with Gasteiger partial charge in [0.05, 0.1) is 6.61 Å². The van der Waals surface area contributed by atoms with Gasteiger partial charge in [-0.25, -0.2) is 4.57 Å². The van der Waals surface area contributed by atoms with Gasteiger partial charge < -0.3 is 14.4 Å². The van der Waals surface area contributed by atoms with Crippen molar-refractivity contribution in [2.45, 2.75) is 251 Å². The van der Waals surface area contributed by atoms with E-state index in [-0.39, 0.29) is 19.0 Å². The number of allylic oxidation sites excluding steroid dienone is 4. The Morgan fingerprint density at radius 2 is 0.842 bits per heavy atom. The number of esters is 2. The smallest absolute Gasteiger partial charge is 0.462 e. The number of ether oxygens (including phenoxy) is 2. The van der Waals surface area contributed by atoms with E-state index in [1.165, 1.54) is 161 Å². The Balaban J connectivity index is 3.91. The van der Waals surface area contributed by atoms with Gasteiger partial charge in [0.15, 0.2) is 6.10 Å². The predicted molar refractivity (Wildman–Crippen MR) is 239 cm³/mol. The molecule has 2 atom stereocenters. The highest BCUT2D eigenvalue weighted by Crippen LogP contribution is 2.42. The molecule has 0 radical (unpaired) electrons. The maximum Gasteiger partial charge on any atom is 0.472 e. The highest BCUT2D eigenvalue weighted by Gasteiger charge is 2.24. The molecule has 9 heteroatoms. The van der Waals surface area contributed by atoms with Gasteiger partial charge in [0.2, 0.25) is 0 Å². The minimum atomic E-state index is -4.26. The third-order valence-electron chi connectivity index (χ3n) is 10.7. The summed E-state index contributed by atoms with van der Waals surface area (Å²) in [4.78, 5) is 34.6. The summed E-state index contributed by atoms with van der Waals surface area (Å²) in [6, 6.07) is 0. The van der Waals surface area contributed by atoms with Crippen LogP contribution in [0, 0.1) is 0 Å². The zero-order valence-electron chi connectivity index (χ0n) is 37.5. The first kappa shape index (κ1) is 55.5. The van der Waals surface area contributed by atoms with Gasteiger partial charge in [-0.05, 0) is 44.9 Å². The van der Waals surface area contributed by atoms with Gasteiger partial charge in [-0.2, -0.15) is 0 Å². The standard InChI is InChI=1S/C48H91O8P/c1-4-6-8-10-12-14-16-18-20-22-24-25-27-28-30-32-34-36-38-40-42-47(49)54-44-46(45-55-57(51,52)53-3)56-48(50)43-41-39-37-35-33-31-29-26-23-21-19-17-15-13-11-9-7-5-2/h15,17,21,23,46H,4-14,16,18-20,22,24-45H2,1-3H3,(H,51,52)/b17-15-,23-21-. The summed E-state index contributed by atoms with van der Waals surface area (Å²) in [5.41, 5.74) is 0. The summed E-state index contributed by atoms with van der Waals surface area (Å²) >= 11 is 0. The molecule has 0 saturated heterocycles. The fourth-order valence-electron chi connectivity index (χ4n) is 6.98. The molecule has 0 aromatic rings. The average Bonchev–Trinajstić information content (AvgIpc) is 3.20. The van der Waals surface area contributed by atoms with E-state index in [0.717, 1.165) is 58.5 Å². The van der Waals surface area contributed by atoms with Crippen molar-refractivity contribution >= 4 is 19.8 Å². The largest absolute Gasteiger partial charge is 0.472 e. The van der Waals surface area contributed by atoms with Crippen LogP contribution in [0.3, 0.4) is 0 Å². The molecule has 0 fully saturated rings. The number of carbonyl (C=O) groups is 2. The molecular formula is C48H91O8P. The molecule has 0 aromatic heterocycles. The van der Waals surface area contributed by atoms with Crippen LogP contribution >= 0.6 is 7.82 Å². The van der Waals surface area contributed by atoms with Gasteiger partial charge in [-0.15, -0.1) is 0 Å². The van der Waals surface area contributed by atoms with Crippen LogP contribution < -0.4 is 0 Å². The van der Waals surface area contributed by atoms with Gasteiger partial charge >= 0.3 is 19.8 Å². The Bertz CT molecular complexity index is 983. The molecule has 0 aliphatic heterocycles. The van der Waals surface area contributed by atoms with E-state index in [1.807, 2.05) is 0 Å². The van der Waals surface area contributed by atoms with E-state index >= 15 is 0 Å². The molecule has 0 amide bonds. The van der Waals surface area contributed by atoms with E-state index < -0.39 is 26.5 Å². The maximum absolute atomic E-state index is 12.5. The van der Waals surface area contributed by atoms with Crippen LogP contribution in [0.2, 0.25) is 0 Å². The molecule has 8 nitrogen and oxygen atoms in total. The van der Waals surface area contributed by atoms with Crippen LogP contribution in [0.1, 0.15) is 245 Å². The predicted octanol–water partition coefficient (Wildman–Crippen LogP) is 15.4. The first-order valence-corrected chi connectivity index (χ1v) is 25.5. The zero-order chi connectivity index (χ0) is 41.8. The van der Waals surface area contributed by atoms with Gasteiger partial charge in [-0.1, -0.05) is 212 Å². The van der Waals surface area contributed by atoms with Crippen LogP contribution in [0.5, 0.6) is 0 Å². The second-order valence-corrected chi connectivity index (χ2v) is 17.8. The van der Waals surface area contributed by atoms with Crippen molar-refractivity contribution in [3.8, 4) is 0 Å². The average molecular weight is 827 g/mol. The first-order valence-electron chi connectivity index (χ1n) is 24.0. The van der Waals surface area contributed by atoms with Crippen LogP contribution in [0.4, 0.5) is 0 Å². The van der Waals surface area contributed by atoms with Crippen LogP contribution in [-0.2, 0) is 32.7 Å². The molecule has 0 bridgehead atoms. The fourth-order valence-corrected chi connectivity index (χ4v) is 7.44. The number of phosphoric ester groups is 1. The third kappa shape index (κ3) is 43.9. The lowest BCUT2D eigenvalue weighted by Crippen LogP contribution is -2.29. The van der Waals surface area contributed by atoms with Crippen LogP contribution in [-0.4, -0.2) is 43.3 Å². The summed E-state index contributed by atoms with van der Waals surface area (Å²) in [7, 11) is -3.20. The molecule has 0 rings (SSSR count). The van der Waals surface area contributed by atoms with Gasteiger partial charge in [0, 0.05) is 20.0 Å². The van der Waals surface area contributed by atoms with E-state index in [4.69, 9.17) is 14.0 Å². The highest BCUT2D eigenvalue weighted by atomic mass is 31.2. The van der Waals surface area contributed by atoms with Gasteiger partial charge in [0.25, 0.3) is 0 Å². The Kier molecular flexibility index (Phi) is 43.0. The molecule has 0 spiro atoms. The summed E-state index contributed by atoms with van der Waals surface area (Å²) in [6.45, 7) is 3.90. The SMILES string of the molecule is CCCCCC/C=C\C/C=C\CCCCCCCCCC(=O)OC(COC(=O)CCCCCCCCCCCCCCCCCCCCCC)COP(=O)(O)OC. The van der Waals surface area contributed by atoms with Crippen molar-refractivity contribution < 1.29 is 37.6 Å². The lowest BCUT2D eigenvalue weighted by molar-refractivity contribution is -0.161. The second-order valence-electron chi connectivity index (χ2n) is 16.3. The summed E-state index contributed by atoms with van der Waals surface area (Å²) in [5.74, 6) is -0.800. The number of rotatable bonds is 45. The number of hydrogen-bond acceptors (Lipinski definition) is 7. The summed E-state index contributed by atoms with van der Waals surface area (Å²) < 4.78 is 32.1. The van der Waals surface area contributed by atoms with Gasteiger partial charge in [0.1, 0.15) is 6.61 Å². The van der Waals surface area contributed by atoms with E-state index in [2.05, 4.69) is 42.7 Å². The van der Waals surface area contributed by atoms with Crippen molar-refractivity contribution in [3.63, 3.8) is 0 Å². The Morgan fingerprint density at radius 3 is 1.25 bits per heavy atom. The number of carbonyl (C=O) groups excluding carboxylic acids is 2. The Morgan fingerprint density at radius 1 is 0.491 bits per heavy atom. The zero-order valence-corrected chi connectivity index (χ0v) is 38.4. The molecule has 336 valence electrons. The van der Waals surface area contributed by atoms with E-state index in [0.29, 0.717) is 12.8 Å². The molecular weight excluding hydrogens is 735 g/mol. The summed E-state index contributed by atoms with van der Waals surface area (Å²) in [6.07, 6.45) is 50.9. The van der Waals surface area contributed by atoms with Crippen molar-refractivity contribution in [2.75, 3.05) is 20.3 Å². The minimum absolute atomic E-state index is 0.224. The topological polar surface area (TPSA) is 108 Å². The Hall–Kier alpha value is -1.47. The Labute approximate surface area is 352 Å². The van der Waals surface area contributed by atoms with Crippen LogP contribution in [0.15, 0.2) is 24.3 Å². The number of phosphoric acid groups is 1. The quantitative estimate of drug-likeness (QED) is 0.0280. The second kappa shape index (κ2) is 44.1. The van der Waals surface area contributed by atoms with Crippen molar-refractivity contribution in [1.82, 2.24) is 0 Å². The lowest BCUT2D eigenvalue weighted by atomic mass is 10.0. The highest BCUT2D eigenvalue weighted by molar-refractivity contribution is 7.47. The number of hydrogen-bond donors (Lipinski definition) is 1. The molecule has 0 aliphatic carbocycles. The normalized spacial score (nSPS) is 13.4. The van der Waals surface area contributed by atoms with Crippen LogP contribution in [0.25, 0.3) is 0 Å². The first-order chi connectivity index (χ1) is 27.8. The van der Waals surface area contributed by atoms with Crippen molar-refractivity contribution in [1.29, 1.82) is 0 Å². The third-order valence-corrected chi connectivity index (χ3v) is 11.6. The number of unbranched alkanes of at least 4 members (excludes halogenated alkanes) is 30. The molecule has 0 aromatic carbocycles.